The standard InChI is InChI=1S/C15H22ClN/c16-13-15-8-11-17(12-9-15)10-4-7-14-5-2-1-3-6-14/h1-3,5-6,15H,4,7-13H2. The van der Waals surface area contributed by atoms with Gasteiger partial charge >= 0.3 is 0 Å². The first-order valence-electron chi connectivity index (χ1n) is 6.70. The highest BCUT2D eigenvalue weighted by Gasteiger charge is 2.17. The van der Waals surface area contributed by atoms with Crippen LogP contribution in [0.25, 0.3) is 0 Å². The summed E-state index contributed by atoms with van der Waals surface area (Å²) in [6.07, 6.45) is 5.05. The molecule has 1 heterocycles. The molecule has 0 atom stereocenters. The Morgan fingerprint density at radius 3 is 2.47 bits per heavy atom. The van der Waals surface area contributed by atoms with Gasteiger partial charge in [0, 0.05) is 5.88 Å². The minimum absolute atomic E-state index is 0.766. The van der Waals surface area contributed by atoms with E-state index in [0.717, 1.165) is 11.8 Å². The highest BCUT2D eigenvalue weighted by atomic mass is 35.5. The van der Waals surface area contributed by atoms with Gasteiger partial charge in [0.05, 0.1) is 0 Å². The second kappa shape index (κ2) is 7.03. The predicted octanol–water partition coefficient (Wildman–Crippen LogP) is 3.57. The minimum atomic E-state index is 0.766. The van der Waals surface area contributed by atoms with Gasteiger partial charge in [0.1, 0.15) is 0 Å². The molecule has 17 heavy (non-hydrogen) atoms. The molecule has 1 aromatic carbocycles. The van der Waals surface area contributed by atoms with Crippen molar-refractivity contribution in [2.24, 2.45) is 5.92 Å². The van der Waals surface area contributed by atoms with Crippen molar-refractivity contribution in [2.45, 2.75) is 25.7 Å². The molecule has 1 aromatic rings. The molecular weight excluding hydrogens is 230 g/mol. The molecule has 0 aliphatic carbocycles. The Bertz CT molecular complexity index is 304. The van der Waals surface area contributed by atoms with E-state index < -0.39 is 0 Å². The molecule has 0 N–H and O–H groups in total. The van der Waals surface area contributed by atoms with Gasteiger partial charge in [-0.25, -0.2) is 0 Å². The van der Waals surface area contributed by atoms with E-state index >= 15 is 0 Å². The van der Waals surface area contributed by atoms with Crippen molar-refractivity contribution in [2.75, 3.05) is 25.5 Å². The van der Waals surface area contributed by atoms with Crippen LogP contribution in [0.5, 0.6) is 0 Å². The second-order valence-corrected chi connectivity index (χ2v) is 5.34. The molecule has 1 aliphatic heterocycles. The van der Waals surface area contributed by atoms with Crippen LogP contribution in [0.3, 0.4) is 0 Å². The van der Waals surface area contributed by atoms with Gasteiger partial charge in [-0.1, -0.05) is 30.3 Å². The number of halogens is 1. The van der Waals surface area contributed by atoms with E-state index in [1.54, 1.807) is 0 Å². The van der Waals surface area contributed by atoms with Gasteiger partial charge in [-0.15, -0.1) is 11.6 Å². The first-order chi connectivity index (χ1) is 8.38. The van der Waals surface area contributed by atoms with E-state index in [4.69, 9.17) is 11.6 Å². The van der Waals surface area contributed by atoms with Crippen LogP contribution >= 0.6 is 11.6 Å². The van der Waals surface area contributed by atoms with Gasteiger partial charge in [0.25, 0.3) is 0 Å². The summed E-state index contributed by atoms with van der Waals surface area (Å²) in [6, 6.07) is 10.8. The van der Waals surface area contributed by atoms with Crippen molar-refractivity contribution >= 4 is 11.6 Å². The number of hydrogen-bond donors (Lipinski definition) is 0. The molecule has 2 rings (SSSR count). The zero-order chi connectivity index (χ0) is 11.9. The summed E-state index contributed by atoms with van der Waals surface area (Å²) < 4.78 is 0. The SMILES string of the molecule is ClCC1CCN(CCCc2ccccc2)CC1. The summed E-state index contributed by atoms with van der Waals surface area (Å²) in [5, 5.41) is 0. The Morgan fingerprint density at radius 1 is 1.12 bits per heavy atom. The monoisotopic (exact) mass is 251 g/mol. The molecule has 1 fully saturated rings. The maximum Gasteiger partial charge on any atom is 0.0252 e. The number of piperidine rings is 1. The number of aryl methyl sites for hydroxylation is 1. The van der Waals surface area contributed by atoms with E-state index in [2.05, 4.69) is 35.2 Å². The Balaban J connectivity index is 1.63. The van der Waals surface area contributed by atoms with Crippen LogP contribution in [0.15, 0.2) is 30.3 Å². The molecule has 0 radical (unpaired) electrons. The third-order valence-corrected chi connectivity index (χ3v) is 4.14. The Kier molecular flexibility index (Phi) is 5.34. The van der Waals surface area contributed by atoms with Crippen LogP contribution in [0.4, 0.5) is 0 Å². The lowest BCUT2D eigenvalue weighted by Crippen LogP contribution is -2.35. The maximum atomic E-state index is 5.89. The largest absolute Gasteiger partial charge is 0.303 e. The number of benzene rings is 1. The van der Waals surface area contributed by atoms with Gasteiger partial charge in [-0.05, 0) is 56.8 Å². The fourth-order valence-electron chi connectivity index (χ4n) is 2.52. The number of likely N-dealkylation sites (tertiary alicyclic amines) is 1. The van der Waals surface area contributed by atoms with Crippen molar-refractivity contribution in [1.82, 2.24) is 4.90 Å². The van der Waals surface area contributed by atoms with Crippen LogP contribution in [-0.2, 0) is 6.42 Å². The quantitative estimate of drug-likeness (QED) is 0.724. The highest BCUT2D eigenvalue weighted by molar-refractivity contribution is 6.18. The fraction of sp³-hybridized carbons (Fsp3) is 0.600. The first kappa shape index (κ1) is 12.9. The zero-order valence-electron chi connectivity index (χ0n) is 10.4. The fourth-order valence-corrected chi connectivity index (χ4v) is 2.82. The third kappa shape index (κ3) is 4.33. The maximum absolute atomic E-state index is 5.89. The molecular formula is C15H22ClN. The summed E-state index contributed by atoms with van der Waals surface area (Å²) in [5.41, 5.74) is 1.46. The van der Waals surface area contributed by atoms with Crippen molar-refractivity contribution < 1.29 is 0 Å². The van der Waals surface area contributed by atoms with Crippen LogP contribution in [-0.4, -0.2) is 30.4 Å². The molecule has 1 saturated heterocycles. The summed E-state index contributed by atoms with van der Waals surface area (Å²) in [6.45, 7) is 3.72. The Hall–Kier alpha value is -0.530. The normalized spacial score (nSPS) is 18.4. The average Bonchev–Trinajstić information content (AvgIpc) is 2.41. The number of alkyl halides is 1. The van der Waals surface area contributed by atoms with Gasteiger partial charge in [0.2, 0.25) is 0 Å². The number of rotatable bonds is 5. The van der Waals surface area contributed by atoms with Crippen molar-refractivity contribution in [3.63, 3.8) is 0 Å². The smallest absolute Gasteiger partial charge is 0.0252 e. The van der Waals surface area contributed by atoms with Gasteiger partial charge in [-0.2, -0.15) is 0 Å². The third-order valence-electron chi connectivity index (χ3n) is 3.71. The van der Waals surface area contributed by atoms with Crippen molar-refractivity contribution in [1.29, 1.82) is 0 Å². The van der Waals surface area contributed by atoms with E-state index in [0.29, 0.717) is 0 Å². The molecule has 1 nitrogen and oxygen atoms in total. The molecule has 0 unspecified atom stereocenters. The van der Waals surface area contributed by atoms with Crippen LogP contribution in [0.1, 0.15) is 24.8 Å². The van der Waals surface area contributed by atoms with Gasteiger partial charge in [-0.3, -0.25) is 0 Å². The molecule has 0 aromatic heterocycles. The van der Waals surface area contributed by atoms with Gasteiger partial charge in [0.15, 0.2) is 0 Å². The van der Waals surface area contributed by atoms with Crippen LogP contribution in [0.2, 0.25) is 0 Å². The molecule has 0 saturated carbocycles. The molecule has 1 aliphatic rings. The summed E-state index contributed by atoms with van der Waals surface area (Å²) in [7, 11) is 0. The second-order valence-electron chi connectivity index (χ2n) is 5.03. The Labute approximate surface area is 110 Å². The predicted molar refractivity (Wildman–Crippen MR) is 74.6 cm³/mol. The van der Waals surface area contributed by atoms with Crippen LogP contribution in [0, 0.1) is 5.92 Å². The molecule has 2 heteroatoms. The topological polar surface area (TPSA) is 3.24 Å². The first-order valence-corrected chi connectivity index (χ1v) is 7.24. The average molecular weight is 252 g/mol. The lowest BCUT2D eigenvalue weighted by Gasteiger charge is -2.30. The summed E-state index contributed by atoms with van der Waals surface area (Å²) >= 11 is 5.89. The highest BCUT2D eigenvalue weighted by Crippen LogP contribution is 2.18. The van der Waals surface area contributed by atoms with E-state index in [9.17, 15) is 0 Å². The summed E-state index contributed by atoms with van der Waals surface area (Å²) in [5.74, 6) is 1.61. The Morgan fingerprint density at radius 2 is 1.82 bits per heavy atom. The van der Waals surface area contributed by atoms with Crippen LogP contribution < -0.4 is 0 Å². The van der Waals surface area contributed by atoms with E-state index in [1.165, 1.54) is 50.9 Å². The van der Waals surface area contributed by atoms with Crippen molar-refractivity contribution in [3.8, 4) is 0 Å². The van der Waals surface area contributed by atoms with Crippen molar-refractivity contribution in [3.05, 3.63) is 35.9 Å². The zero-order valence-corrected chi connectivity index (χ0v) is 11.2. The van der Waals surface area contributed by atoms with E-state index in [-0.39, 0.29) is 0 Å². The van der Waals surface area contributed by atoms with E-state index in [1.807, 2.05) is 0 Å². The number of nitrogens with zero attached hydrogens (tertiary/aromatic N) is 1. The molecule has 0 bridgehead atoms. The number of hydrogen-bond acceptors (Lipinski definition) is 1. The lowest BCUT2D eigenvalue weighted by atomic mass is 9.98. The minimum Gasteiger partial charge on any atom is -0.303 e. The summed E-state index contributed by atoms with van der Waals surface area (Å²) in [4.78, 5) is 2.59. The molecule has 0 spiro atoms. The van der Waals surface area contributed by atoms with Gasteiger partial charge < -0.3 is 4.90 Å². The molecule has 0 amide bonds. The molecule has 94 valence electrons. The lowest BCUT2D eigenvalue weighted by molar-refractivity contribution is 0.192.